The molecule has 1 fully saturated rings. The van der Waals surface area contributed by atoms with Crippen LogP contribution < -0.4 is 21.0 Å². The number of halogens is 1. The van der Waals surface area contributed by atoms with Crippen molar-refractivity contribution < 1.29 is 23.5 Å². The molecule has 1 aliphatic heterocycles. The molecule has 3 aromatic rings. The van der Waals surface area contributed by atoms with Crippen LogP contribution in [0.4, 0.5) is 0 Å². The molecule has 0 saturated carbocycles. The highest BCUT2D eigenvalue weighted by molar-refractivity contribution is 6.30. The maximum Gasteiger partial charge on any atom is 0.339 e. The molecule has 2 heterocycles. The lowest BCUT2D eigenvalue weighted by molar-refractivity contribution is -0.130. The van der Waals surface area contributed by atoms with Crippen LogP contribution in [0.2, 0.25) is 5.02 Å². The van der Waals surface area contributed by atoms with Crippen LogP contribution in [0, 0.1) is 6.92 Å². The lowest BCUT2D eigenvalue weighted by Crippen LogP contribution is -2.50. The molecule has 0 radical (unpaired) electrons. The lowest BCUT2D eigenvalue weighted by Gasteiger charge is -2.20. The summed E-state index contributed by atoms with van der Waals surface area (Å²) in [6.07, 6.45) is 4.48. The summed E-state index contributed by atoms with van der Waals surface area (Å²) in [4.78, 5) is 38.5. The van der Waals surface area contributed by atoms with Crippen LogP contribution in [0.15, 0.2) is 45.6 Å². The number of hydrogen-bond donors (Lipinski definition) is 2. The van der Waals surface area contributed by atoms with Gasteiger partial charge in [-0.25, -0.2) is 4.79 Å². The third-order valence-electron chi connectivity index (χ3n) is 7.07. The van der Waals surface area contributed by atoms with E-state index in [1.165, 1.54) is 0 Å². The molecule has 9 heteroatoms. The van der Waals surface area contributed by atoms with Crippen molar-refractivity contribution in [2.45, 2.75) is 57.6 Å². The quantitative estimate of drug-likeness (QED) is 0.403. The molecule has 38 heavy (non-hydrogen) atoms. The van der Waals surface area contributed by atoms with Crippen molar-refractivity contribution in [3.05, 3.63) is 74.1 Å². The summed E-state index contributed by atoms with van der Waals surface area (Å²) in [7, 11) is 0. The van der Waals surface area contributed by atoms with E-state index in [0.717, 1.165) is 47.8 Å². The molecule has 8 nitrogen and oxygen atoms in total. The average molecular weight is 539 g/mol. The Balaban J connectivity index is 1.30. The summed E-state index contributed by atoms with van der Waals surface area (Å²) in [6, 6.07) is 10.0. The normalized spacial score (nSPS) is 17.3. The summed E-state index contributed by atoms with van der Waals surface area (Å²) in [6.45, 7) is 2.68. The number of carbonyl (C=O) groups excluding carboxylic acids is 2. The number of ether oxygens (including phenoxy) is 2. The number of nitrogens with one attached hydrogen (secondary N) is 2. The van der Waals surface area contributed by atoms with Gasteiger partial charge in [0.1, 0.15) is 17.4 Å². The van der Waals surface area contributed by atoms with Gasteiger partial charge in [-0.2, -0.15) is 0 Å². The van der Waals surface area contributed by atoms with Gasteiger partial charge in [-0.3, -0.25) is 9.59 Å². The minimum atomic E-state index is -0.801. The second-order valence-corrected chi connectivity index (χ2v) is 10.4. The Kier molecular flexibility index (Phi) is 8.00. The summed E-state index contributed by atoms with van der Waals surface area (Å²) in [5, 5.41) is 7.07. The molecule has 2 aromatic carbocycles. The van der Waals surface area contributed by atoms with Crippen molar-refractivity contribution in [3.8, 4) is 5.75 Å². The van der Waals surface area contributed by atoms with E-state index in [0.29, 0.717) is 47.9 Å². The smallest absolute Gasteiger partial charge is 0.339 e. The van der Waals surface area contributed by atoms with E-state index in [9.17, 15) is 14.4 Å². The van der Waals surface area contributed by atoms with Gasteiger partial charge >= 0.3 is 5.63 Å². The fraction of sp³-hybridized carbons (Fsp3) is 0.414. The van der Waals surface area contributed by atoms with Gasteiger partial charge in [0.2, 0.25) is 5.91 Å². The topological polar surface area (TPSA) is 107 Å². The first-order chi connectivity index (χ1) is 18.4. The highest BCUT2D eigenvalue weighted by Crippen LogP contribution is 2.35. The highest BCUT2D eigenvalue weighted by Gasteiger charge is 2.25. The fourth-order valence-electron chi connectivity index (χ4n) is 5.21. The van der Waals surface area contributed by atoms with Crippen LogP contribution in [0.5, 0.6) is 5.75 Å². The number of benzene rings is 2. The second kappa shape index (κ2) is 11.6. The van der Waals surface area contributed by atoms with Crippen LogP contribution in [-0.2, 0) is 33.6 Å². The van der Waals surface area contributed by atoms with Crippen LogP contribution >= 0.6 is 11.6 Å². The van der Waals surface area contributed by atoms with Gasteiger partial charge in [0.15, 0.2) is 6.61 Å². The van der Waals surface area contributed by atoms with Crippen LogP contribution in [0.3, 0.4) is 0 Å². The van der Waals surface area contributed by atoms with E-state index in [1.807, 2.05) is 31.2 Å². The first-order valence-corrected chi connectivity index (χ1v) is 13.4. The number of amides is 2. The Bertz CT molecular complexity index is 1390. The van der Waals surface area contributed by atoms with Gasteiger partial charge in [0, 0.05) is 30.2 Å². The van der Waals surface area contributed by atoms with Gasteiger partial charge in [-0.05, 0) is 80.0 Å². The van der Waals surface area contributed by atoms with E-state index < -0.39 is 11.9 Å². The van der Waals surface area contributed by atoms with Crippen molar-refractivity contribution in [1.82, 2.24) is 10.6 Å². The Labute approximate surface area is 225 Å². The fourth-order valence-corrected chi connectivity index (χ4v) is 5.33. The third kappa shape index (κ3) is 6.03. The molecule has 0 unspecified atom stereocenters. The minimum absolute atomic E-state index is 0.00875. The maximum atomic E-state index is 13.1. The Hall–Kier alpha value is -3.36. The van der Waals surface area contributed by atoms with E-state index in [1.54, 1.807) is 12.1 Å². The third-order valence-corrected chi connectivity index (χ3v) is 7.32. The van der Waals surface area contributed by atoms with Gasteiger partial charge in [0.05, 0.1) is 11.5 Å². The number of hydrogen-bond acceptors (Lipinski definition) is 6. The van der Waals surface area contributed by atoms with E-state index in [-0.39, 0.29) is 24.2 Å². The molecule has 200 valence electrons. The number of aryl methyl sites for hydroxylation is 2. The molecule has 0 bridgehead atoms. The Morgan fingerprint density at radius 2 is 1.92 bits per heavy atom. The minimum Gasteiger partial charge on any atom is -0.483 e. The van der Waals surface area contributed by atoms with Crippen molar-refractivity contribution in [3.63, 3.8) is 0 Å². The van der Waals surface area contributed by atoms with E-state index in [2.05, 4.69) is 10.6 Å². The summed E-state index contributed by atoms with van der Waals surface area (Å²) in [5.41, 5.74) is 3.48. The lowest BCUT2D eigenvalue weighted by atomic mass is 10.0. The zero-order valence-electron chi connectivity index (χ0n) is 21.3. The largest absolute Gasteiger partial charge is 0.483 e. The summed E-state index contributed by atoms with van der Waals surface area (Å²) >= 11 is 6.01. The molecular weight excluding hydrogens is 508 g/mol. The highest BCUT2D eigenvalue weighted by atomic mass is 35.5. The van der Waals surface area contributed by atoms with Gasteiger partial charge in [-0.1, -0.05) is 23.7 Å². The summed E-state index contributed by atoms with van der Waals surface area (Å²) in [5.74, 6) is -0.224. The van der Waals surface area contributed by atoms with Gasteiger partial charge < -0.3 is 24.5 Å². The van der Waals surface area contributed by atoms with Gasteiger partial charge in [-0.15, -0.1) is 0 Å². The molecule has 1 aromatic heterocycles. The number of carbonyl (C=O) groups is 2. The average Bonchev–Trinajstić information content (AvgIpc) is 3.59. The molecular formula is C29H31ClN2O6. The first kappa shape index (κ1) is 26.3. The summed E-state index contributed by atoms with van der Waals surface area (Å²) < 4.78 is 17.1. The SMILES string of the molecule is Cc1cc(OCC(=O)N[C@@H](Cc2ccc(Cl)cc2)C(=O)NC[C@@H]2CCCO2)c2c3c(c(=O)oc2c1)CCC3. The Morgan fingerprint density at radius 1 is 1.13 bits per heavy atom. The molecule has 0 spiro atoms. The zero-order chi connectivity index (χ0) is 26.6. The van der Waals surface area contributed by atoms with Gasteiger partial charge in [0.25, 0.3) is 5.91 Å². The predicted octanol–water partition coefficient (Wildman–Crippen LogP) is 3.65. The predicted molar refractivity (Wildman–Crippen MR) is 144 cm³/mol. The molecule has 2 atom stereocenters. The van der Waals surface area contributed by atoms with Crippen LogP contribution in [0.1, 0.15) is 41.5 Å². The standard InChI is InChI=1S/C29H31ClN2O6/c1-17-12-24(27-21-5-2-6-22(21)29(35)38-25(27)13-17)37-16-26(33)32-23(14-18-7-9-19(30)10-8-18)28(34)31-15-20-4-3-11-36-20/h7-10,12-13,20,23H,2-6,11,14-16H2,1H3,(H,31,34)(H,32,33)/t20-,23-/m0/s1. The van der Waals surface area contributed by atoms with Crippen molar-refractivity contribution >= 4 is 34.4 Å². The second-order valence-electron chi connectivity index (χ2n) is 9.96. The van der Waals surface area contributed by atoms with E-state index in [4.69, 9.17) is 25.5 Å². The molecule has 5 rings (SSSR count). The van der Waals surface area contributed by atoms with Crippen molar-refractivity contribution in [1.29, 1.82) is 0 Å². The molecule has 1 aliphatic carbocycles. The van der Waals surface area contributed by atoms with Crippen LogP contribution in [0.25, 0.3) is 11.0 Å². The molecule has 1 saturated heterocycles. The van der Waals surface area contributed by atoms with E-state index >= 15 is 0 Å². The van der Waals surface area contributed by atoms with Crippen LogP contribution in [-0.4, -0.2) is 43.7 Å². The maximum absolute atomic E-state index is 13.1. The first-order valence-electron chi connectivity index (χ1n) is 13.0. The van der Waals surface area contributed by atoms with Crippen molar-refractivity contribution in [2.24, 2.45) is 0 Å². The molecule has 2 N–H and O–H groups in total. The zero-order valence-corrected chi connectivity index (χ0v) is 22.1. The monoisotopic (exact) mass is 538 g/mol. The number of rotatable bonds is 9. The molecule has 2 aliphatic rings. The number of fused-ring (bicyclic) bond motifs is 3. The molecule has 2 amide bonds. The Morgan fingerprint density at radius 3 is 2.68 bits per heavy atom. The van der Waals surface area contributed by atoms with Crippen molar-refractivity contribution in [2.75, 3.05) is 19.8 Å².